The first kappa shape index (κ1) is 29.9. The molecular formula is C6H12Na2O8S6. The Morgan fingerprint density at radius 2 is 1.00 bits per heavy atom. The Morgan fingerprint density at radius 3 is 1.23 bits per heavy atom. The van der Waals surface area contributed by atoms with Crippen molar-refractivity contribution in [3.63, 3.8) is 0 Å². The van der Waals surface area contributed by atoms with Crippen molar-refractivity contribution in [3.05, 3.63) is 0 Å². The van der Waals surface area contributed by atoms with Gasteiger partial charge in [0.05, 0.1) is 12.2 Å². The molecule has 0 fully saturated rings. The average Bonchev–Trinajstić information content (AvgIpc) is 2.27. The standard InChI is InChI=1S/C6H14O8S6.2Na/c7-5(3-17-19(9,10)11)1-15-16-2-6(8)4-18-20(12,13)14;;/h5-8H,1-4H2,(H,9,10,11)(H,12,13,14);;/q;2*+1/p-2/t5-,6-;;/m0../s1. The Bertz CT molecular complexity index is 426. The molecule has 2 atom stereocenters. The van der Waals surface area contributed by atoms with Gasteiger partial charge in [-0.15, -0.1) is 0 Å². The smallest absolute Gasteiger partial charge is 0.739 e. The Balaban J connectivity index is -0.00000180. The first-order valence-corrected chi connectivity index (χ1v) is 13.1. The average molecular weight is 451 g/mol. The molecule has 0 rings (SSSR count). The van der Waals surface area contributed by atoms with Gasteiger partial charge in [-0.25, -0.2) is 16.8 Å². The summed E-state index contributed by atoms with van der Waals surface area (Å²) in [6.45, 7) is 0. The minimum absolute atomic E-state index is 0. The zero-order valence-corrected chi connectivity index (χ0v) is 20.7. The van der Waals surface area contributed by atoms with E-state index >= 15 is 0 Å². The van der Waals surface area contributed by atoms with Crippen LogP contribution in [0.3, 0.4) is 0 Å². The van der Waals surface area contributed by atoms with Crippen LogP contribution in [0.2, 0.25) is 0 Å². The van der Waals surface area contributed by atoms with Crippen molar-refractivity contribution < 1.29 is 95.3 Å². The van der Waals surface area contributed by atoms with Crippen LogP contribution in [0.15, 0.2) is 0 Å². The van der Waals surface area contributed by atoms with Gasteiger partial charge in [-0.1, -0.05) is 21.6 Å². The van der Waals surface area contributed by atoms with Crippen LogP contribution in [-0.4, -0.2) is 71.4 Å². The van der Waals surface area contributed by atoms with Gasteiger partial charge in [-0.3, -0.25) is 0 Å². The molecule has 0 unspecified atom stereocenters. The SMILES string of the molecule is O=S(=O)([O-])SC[C@@H](O)CSSC[C@H](O)CSS(=O)(=O)[O-].[Na+].[Na+]. The van der Waals surface area contributed by atoms with E-state index in [4.69, 9.17) is 0 Å². The van der Waals surface area contributed by atoms with Crippen LogP contribution in [0, 0.1) is 0 Å². The zero-order valence-electron chi connectivity index (χ0n) is 11.8. The molecular weight excluding hydrogens is 438 g/mol. The van der Waals surface area contributed by atoms with E-state index in [9.17, 15) is 36.2 Å². The fourth-order valence-electron chi connectivity index (χ4n) is 0.673. The molecule has 0 spiro atoms. The van der Waals surface area contributed by atoms with Crippen LogP contribution in [0.1, 0.15) is 0 Å². The second-order valence-electron chi connectivity index (χ2n) is 3.26. The maximum Gasteiger partial charge on any atom is 1.00 e. The van der Waals surface area contributed by atoms with Crippen LogP contribution in [0.25, 0.3) is 0 Å². The van der Waals surface area contributed by atoms with E-state index < -0.39 is 30.5 Å². The quantitative estimate of drug-likeness (QED) is 0.133. The summed E-state index contributed by atoms with van der Waals surface area (Å²) in [4.78, 5) is 0. The molecule has 0 bridgehead atoms. The monoisotopic (exact) mass is 450 g/mol. The summed E-state index contributed by atoms with van der Waals surface area (Å²) in [7, 11) is -6.37. The molecule has 0 saturated carbocycles. The topological polar surface area (TPSA) is 155 Å². The summed E-state index contributed by atoms with van der Waals surface area (Å²) in [5.41, 5.74) is 0. The third-order valence-electron chi connectivity index (χ3n) is 1.41. The maximum atomic E-state index is 10.3. The van der Waals surface area contributed by atoms with Gasteiger partial charge >= 0.3 is 59.1 Å². The summed E-state index contributed by atoms with van der Waals surface area (Å²) in [6.07, 6.45) is -1.98. The molecule has 0 aromatic carbocycles. The van der Waals surface area contributed by atoms with E-state index in [-0.39, 0.29) is 104 Å². The van der Waals surface area contributed by atoms with Crippen molar-refractivity contribution in [2.45, 2.75) is 12.2 Å². The second-order valence-corrected chi connectivity index (χ2v) is 12.4. The van der Waals surface area contributed by atoms with Crippen molar-refractivity contribution in [1.82, 2.24) is 0 Å². The van der Waals surface area contributed by atoms with Crippen LogP contribution in [-0.2, 0) is 18.3 Å². The summed E-state index contributed by atoms with van der Waals surface area (Å²) in [6, 6.07) is 0. The molecule has 0 heterocycles. The predicted molar refractivity (Wildman–Crippen MR) is 81.2 cm³/mol. The molecule has 0 aliphatic heterocycles. The normalized spacial score (nSPS) is 14.5. The van der Waals surface area contributed by atoms with Gasteiger partial charge < -0.3 is 19.3 Å². The zero-order chi connectivity index (χ0) is 15.8. The molecule has 0 aromatic heterocycles. The van der Waals surface area contributed by atoms with Crippen molar-refractivity contribution in [1.29, 1.82) is 0 Å². The van der Waals surface area contributed by atoms with Gasteiger partial charge in [0.25, 0.3) is 0 Å². The molecule has 122 valence electrons. The molecule has 0 aromatic rings. The number of hydrogen-bond donors (Lipinski definition) is 2. The molecule has 8 nitrogen and oxygen atoms in total. The van der Waals surface area contributed by atoms with E-state index in [2.05, 4.69) is 0 Å². The Hall–Kier alpha value is 3.14. The summed E-state index contributed by atoms with van der Waals surface area (Å²) in [5.74, 6) is -0.196. The molecule has 0 amide bonds. The van der Waals surface area contributed by atoms with E-state index in [1.165, 1.54) is 0 Å². The Kier molecular flexibility index (Phi) is 20.7. The number of hydrogen-bond acceptors (Lipinski definition) is 12. The Morgan fingerprint density at radius 1 is 0.727 bits per heavy atom. The van der Waals surface area contributed by atoms with Crippen LogP contribution in [0.5, 0.6) is 0 Å². The van der Waals surface area contributed by atoms with E-state index in [1.54, 1.807) is 0 Å². The largest absolute Gasteiger partial charge is 1.00 e. The van der Waals surface area contributed by atoms with Gasteiger partial charge in [0.1, 0.15) is 18.3 Å². The van der Waals surface area contributed by atoms with E-state index in [0.717, 1.165) is 21.6 Å². The van der Waals surface area contributed by atoms with Gasteiger partial charge in [0.2, 0.25) is 0 Å². The fourth-order valence-corrected chi connectivity index (χ4v) is 6.06. The second kappa shape index (κ2) is 15.2. The number of rotatable bonds is 11. The molecule has 0 aliphatic carbocycles. The van der Waals surface area contributed by atoms with Crippen molar-refractivity contribution in [2.75, 3.05) is 23.0 Å². The summed E-state index contributed by atoms with van der Waals surface area (Å²) < 4.78 is 61.7. The number of aliphatic hydroxyl groups excluding tert-OH is 2. The van der Waals surface area contributed by atoms with Crippen LogP contribution in [0.4, 0.5) is 0 Å². The molecule has 16 heteroatoms. The maximum absolute atomic E-state index is 10.3. The molecule has 2 N–H and O–H groups in total. The van der Waals surface area contributed by atoms with Crippen molar-refractivity contribution >= 4 is 61.5 Å². The minimum atomic E-state index is -4.42. The molecule has 22 heavy (non-hydrogen) atoms. The molecule has 0 radical (unpaired) electrons. The molecule has 0 aliphatic rings. The first-order valence-electron chi connectivity index (χ1n) is 4.80. The Labute approximate surface area is 189 Å². The van der Waals surface area contributed by atoms with Gasteiger partial charge in [0, 0.05) is 23.0 Å². The van der Waals surface area contributed by atoms with E-state index in [0.29, 0.717) is 0 Å². The predicted octanol–water partition coefficient (Wildman–Crippen LogP) is -6.52. The van der Waals surface area contributed by atoms with Crippen LogP contribution >= 0.6 is 43.2 Å². The third kappa shape index (κ3) is 23.1. The number of aliphatic hydroxyl groups is 2. The van der Waals surface area contributed by atoms with E-state index in [1.807, 2.05) is 0 Å². The first-order chi connectivity index (χ1) is 8.99. The van der Waals surface area contributed by atoms with Crippen molar-refractivity contribution in [2.24, 2.45) is 0 Å². The van der Waals surface area contributed by atoms with Crippen LogP contribution < -0.4 is 59.1 Å². The van der Waals surface area contributed by atoms with Gasteiger partial charge in [-0.2, -0.15) is 0 Å². The summed E-state index contributed by atoms with van der Waals surface area (Å²) >= 11 is 0. The van der Waals surface area contributed by atoms with Gasteiger partial charge in [0.15, 0.2) is 0 Å². The van der Waals surface area contributed by atoms with Gasteiger partial charge in [-0.05, 0) is 21.6 Å². The minimum Gasteiger partial charge on any atom is -0.739 e. The van der Waals surface area contributed by atoms with Crippen molar-refractivity contribution in [3.8, 4) is 0 Å². The fraction of sp³-hybridized carbons (Fsp3) is 1.00. The summed E-state index contributed by atoms with van der Waals surface area (Å²) in [5, 5.41) is 18.7. The third-order valence-corrected chi connectivity index (χ3v) is 8.11. The molecule has 0 saturated heterocycles.